The normalized spacial score (nSPS) is 23.7. The minimum absolute atomic E-state index is 0.297. The molecule has 2 atom stereocenters. The summed E-state index contributed by atoms with van der Waals surface area (Å²) in [4.78, 5) is 0. The van der Waals surface area contributed by atoms with Crippen LogP contribution in [-0.4, -0.2) is 64.4 Å². The lowest BCUT2D eigenvalue weighted by Gasteiger charge is -2.18. The molecule has 0 aliphatic heterocycles. The second-order valence-corrected chi connectivity index (χ2v) is 4.65. The Bertz CT molecular complexity index is 192. The summed E-state index contributed by atoms with van der Waals surface area (Å²) in [5, 5.41) is 12.6. The third kappa shape index (κ3) is 6.66. The van der Waals surface area contributed by atoms with E-state index in [0.717, 1.165) is 13.0 Å². The second kappa shape index (κ2) is 10.7. The number of methoxy groups -OCH3 is 1. The maximum Gasteiger partial charge on any atom is 0.0701 e. The smallest absolute Gasteiger partial charge is 0.0701 e. The summed E-state index contributed by atoms with van der Waals surface area (Å²) in [7, 11) is 1.66. The van der Waals surface area contributed by atoms with Crippen molar-refractivity contribution in [2.75, 3.05) is 53.3 Å². The highest BCUT2D eigenvalue weighted by Gasteiger charge is 2.25. The lowest BCUT2D eigenvalue weighted by atomic mass is 10.1. The van der Waals surface area contributed by atoms with Crippen LogP contribution in [0.15, 0.2) is 0 Å². The van der Waals surface area contributed by atoms with E-state index in [2.05, 4.69) is 5.32 Å². The van der Waals surface area contributed by atoms with Gasteiger partial charge < -0.3 is 24.6 Å². The Hall–Kier alpha value is -0.200. The summed E-state index contributed by atoms with van der Waals surface area (Å²) < 4.78 is 15.6. The SMILES string of the molecule is COCCOCCOCCNC1CCCC1CO. The molecule has 1 fully saturated rings. The van der Waals surface area contributed by atoms with Crippen LogP contribution in [0.3, 0.4) is 0 Å². The monoisotopic (exact) mass is 261 g/mol. The molecule has 0 heterocycles. The molecule has 18 heavy (non-hydrogen) atoms. The Morgan fingerprint density at radius 1 is 1.06 bits per heavy atom. The van der Waals surface area contributed by atoms with Crippen molar-refractivity contribution in [1.82, 2.24) is 5.32 Å². The summed E-state index contributed by atoms with van der Waals surface area (Å²) in [6.45, 7) is 4.34. The summed E-state index contributed by atoms with van der Waals surface area (Å²) in [5.41, 5.74) is 0. The quantitative estimate of drug-likeness (QED) is 0.528. The fourth-order valence-electron chi connectivity index (χ4n) is 2.30. The molecule has 5 nitrogen and oxygen atoms in total. The van der Waals surface area contributed by atoms with E-state index in [9.17, 15) is 5.11 Å². The Balaban J connectivity index is 1.83. The van der Waals surface area contributed by atoms with Gasteiger partial charge in [-0.2, -0.15) is 0 Å². The van der Waals surface area contributed by atoms with E-state index in [1.807, 2.05) is 0 Å². The van der Waals surface area contributed by atoms with Crippen LogP contribution in [0, 0.1) is 5.92 Å². The average Bonchev–Trinajstić information content (AvgIpc) is 2.84. The Kier molecular flexibility index (Phi) is 9.42. The van der Waals surface area contributed by atoms with Crippen LogP contribution in [-0.2, 0) is 14.2 Å². The number of rotatable bonds is 11. The number of hydrogen-bond acceptors (Lipinski definition) is 5. The standard InChI is InChI=1S/C13H27NO4/c1-16-7-8-18-10-9-17-6-5-14-13-4-2-3-12(13)11-15/h12-15H,2-11H2,1H3. The van der Waals surface area contributed by atoms with Crippen LogP contribution < -0.4 is 5.32 Å². The third-order valence-electron chi connectivity index (χ3n) is 3.35. The number of aliphatic hydroxyl groups is 1. The van der Waals surface area contributed by atoms with Gasteiger partial charge in [0.2, 0.25) is 0 Å². The molecule has 0 bridgehead atoms. The van der Waals surface area contributed by atoms with Gasteiger partial charge in [-0.15, -0.1) is 0 Å². The van der Waals surface area contributed by atoms with Crippen LogP contribution in [0.5, 0.6) is 0 Å². The van der Waals surface area contributed by atoms with Crippen molar-refractivity contribution in [3.63, 3.8) is 0 Å². The van der Waals surface area contributed by atoms with Crippen molar-refractivity contribution in [3.8, 4) is 0 Å². The van der Waals surface area contributed by atoms with Crippen molar-refractivity contribution in [2.24, 2.45) is 5.92 Å². The van der Waals surface area contributed by atoms with E-state index in [-0.39, 0.29) is 0 Å². The van der Waals surface area contributed by atoms with Crippen LogP contribution in [0.2, 0.25) is 0 Å². The fraction of sp³-hybridized carbons (Fsp3) is 1.00. The number of ether oxygens (including phenoxy) is 3. The fourth-order valence-corrected chi connectivity index (χ4v) is 2.30. The van der Waals surface area contributed by atoms with Crippen LogP contribution in [0.4, 0.5) is 0 Å². The Morgan fingerprint density at radius 2 is 1.78 bits per heavy atom. The van der Waals surface area contributed by atoms with Crippen molar-refractivity contribution in [3.05, 3.63) is 0 Å². The first kappa shape index (κ1) is 15.9. The van der Waals surface area contributed by atoms with Crippen LogP contribution in [0.25, 0.3) is 0 Å². The second-order valence-electron chi connectivity index (χ2n) is 4.65. The predicted octanol–water partition coefficient (Wildman–Crippen LogP) is 0.417. The molecule has 108 valence electrons. The minimum Gasteiger partial charge on any atom is -0.396 e. The molecule has 1 aliphatic rings. The van der Waals surface area contributed by atoms with Gasteiger partial charge in [0.25, 0.3) is 0 Å². The zero-order valence-corrected chi connectivity index (χ0v) is 11.4. The lowest BCUT2D eigenvalue weighted by molar-refractivity contribution is 0.0249. The first-order chi connectivity index (χ1) is 8.88. The molecule has 0 amide bonds. The predicted molar refractivity (Wildman–Crippen MR) is 69.7 cm³/mol. The van der Waals surface area contributed by atoms with Crippen LogP contribution in [0.1, 0.15) is 19.3 Å². The van der Waals surface area contributed by atoms with Crippen molar-refractivity contribution in [1.29, 1.82) is 0 Å². The summed E-state index contributed by atoms with van der Waals surface area (Å²) in [6.07, 6.45) is 3.53. The van der Waals surface area contributed by atoms with Gasteiger partial charge in [0.15, 0.2) is 0 Å². The number of nitrogens with one attached hydrogen (secondary N) is 1. The van der Waals surface area contributed by atoms with Crippen molar-refractivity contribution < 1.29 is 19.3 Å². The van der Waals surface area contributed by atoms with Gasteiger partial charge in [-0.05, 0) is 18.8 Å². The molecule has 1 aliphatic carbocycles. The molecule has 0 aromatic heterocycles. The molecule has 5 heteroatoms. The van der Waals surface area contributed by atoms with Crippen LogP contribution >= 0.6 is 0 Å². The average molecular weight is 261 g/mol. The van der Waals surface area contributed by atoms with E-state index >= 15 is 0 Å². The molecular formula is C13H27NO4. The molecule has 0 radical (unpaired) electrons. The van der Waals surface area contributed by atoms with E-state index < -0.39 is 0 Å². The van der Waals surface area contributed by atoms with Gasteiger partial charge in [0.1, 0.15) is 0 Å². The molecule has 0 aromatic rings. The van der Waals surface area contributed by atoms with Gasteiger partial charge >= 0.3 is 0 Å². The Morgan fingerprint density at radius 3 is 2.50 bits per heavy atom. The van der Waals surface area contributed by atoms with Gasteiger partial charge in [-0.25, -0.2) is 0 Å². The van der Waals surface area contributed by atoms with Gasteiger partial charge in [0.05, 0.1) is 33.0 Å². The van der Waals surface area contributed by atoms with E-state index in [1.165, 1.54) is 12.8 Å². The molecule has 0 saturated heterocycles. The largest absolute Gasteiger partial charge is 0.396 e. The molecule has 2 unspecified atom stereocenters. The first-order valence-corrected chi connectivity index (χ1v) is 6.87. The number of aliphatic hydroxyl groups excluding tert-OH is 1. The molecule has 1 saturated carbocycles. The molecular weight excluding hydrogens is 234 g/mol. The first-order valence-electron chi connectivity index (χ1n) is 6.87. The molecule has 0 spiro atoms. The summed E-state index contributed by atoms with van der Waals surface area (Å²) >= 11 is 0. The molecule has 1 rings (SSSR count). The molecule has 2 N–H and O–H groups in total. The summed E-state index contributed by atoms with van der Waals surface area (Å²) in [6, 6.07) is 0.469. The van der Waals surface area contributed by atoms with E-state index in [0.29, 0.717) is 51.6 Å². The van der Waals surface area contributed by atoms with Crippen molar-refractivity contribution in [2.45, 2.75) is 25.3 Å². The number of hydrogen-bond donors (Lipinski definition) is 2. The summed E-state index contributed by atoms with van der Waals surface area (Å²) in [5.74, 6) is 0.433. The highest BCUT2D eigenvalue weighted by atomic mass is 16.5. The third-order valence-corrected chi connectivity index (χ3v) is 3.35. The van der Waals surface area contributed by atoms with Gasteiger partial charge in [0, 0.05) is 26.3 Å². The lowest BCUT2D eigenvalue weighted by Crippen LogP contribution is -2.36. The maximum absolute atomic E-state index is 9.18. The highest BCUT2D eigenvalue weighted by Crippen LogP contribution is 2.24. The van der Waals surface area contributed by atoms with E-state index in [1.54, 1.807) is 7.11 Å². The maximum atomic E-state index is 9.18. The van der Waals surface area contributed by atoms with E-state index in [4.69, 9.17) is 14.2 Å². The van der Waals surface area contributed by atoms with Gasteiger partial charge in [-0.1, -0.05) is 6.42 Å². The Labute approximate surface area is 110 Å². The zero-order valence-electron chi connectivity index (χ0n) is 11.4. The van der Waals surface area contributed by atoms with Crippen molar-refractivity contribution >= 4 is 0 Å². The topological polar surface area (TPSA) is 60.0 Å². The highest BCUT2D eigenvalue weighted by molar-refractivity contribution is 4.82. The van der Waals surface area contributed by atoms with Gasteiger partial charge in [-0.3, -0.25) is 0 Å². The molecule has 0 aromatic carbocycles. The minimum atomic E-state index is 0.297. The zero-order chi connectivity index (χ0) is 13.1.